The normalized spacial score (nSPS) is 17.8. The number of carbonyl (C=O) groups excluding carboxylic acids is 1. The van der Waals surface area contributed by atoms with Crippen LogP contribution < -0.4 is 10.3 Å². The lowest BCUT2D eigenvalue weighted by Crippen LogP contribution is -2.36. The van der Waals surface area contributed by atoms with Gasteiger partial charge in [-0.2, -0.15) is 0 Å². The molecule has 2 heterocycles. The molecule has 1 saturated carbocycles. The molecule has 1 amide bonds. The Kier molecular flexibility index (Phi) is 3.78. The number of piperidine rings is 1. The van der Waals surface area contributed by atoms with E-state index in [2.05, 4.69) is 0 Å². The summed E-state index contributed by atoms with van der Waals surface area (Å²) in [5, 5.41) is 8.91. The largest absolute Gasteiger partial charge is 0.477 e. The first-order valence-electron chi connectivity index (χ1n) is 8.50. The van der Waals surface area contributed by atoms with E-state index in [0.717, 1.165) is 17.2 Å². The van der Waals surface area contributed by atoms with Crippen molar-refractivity contribution in [3.05, 3.63) is 39.7 Å². The number of carbonyl (C=O) groups is 2. The first kappa shape index (κ1) is 16.7. The van der Waals surface area contributed by atoms with Gasteiger partial charge in [-0.25, -0.2) is 13.6 Å². The van der Waals surface area contributed by atoms with Gasteiger partial charge in [0.1, 0.15) is 11.3 Å². The summed E-state index contributed by atoms with van der Waals surface area (Å²) in [5.41, 5.74) is -2.06. The van der Waals surface area contributed by atoms with Gasteiger partial charge in [0.15, 0.2) is 11.6 Å². The van der Waals surface area contributed by atoms with Crippen molar-refractivity contribution in [2.45, 2.75) is 38.1 Å². The van der Waals surface area contributed by atoms with Crippen LogP contribution in [0.4, 0.5) is 14.5 Å². The highest BCUT2D eigenvalue weighted by molar-refractivity contribution is 5.98. The fourth-order valence-corrected chi connectivity index (χ4v) is 3.51. The highest BCUT2D eigenvalue weighted by Gasteiger charge is 2.32. The van der Waals surface area contributed by atoms with Crippen LogP contribution in [0.3, 0.4) is 0 Å². The number of carboxylic acid groups (broad SMARTS) is 1. The summed E-state index contributed by atoms with van der Waals surface area (Å²) in [6, 6.07) is 0.713. The number of benzene rings is 1. The molecule has 4 rings (SSSR count). The lowest BCUT2D eigenvalue weighted by Gasteiger charge is -2.28. The maximum Gasteiger partial charge on any atom is 0.341 e. The number of hydrogen-bond donors (Lipinski definition) is 1. The highest BCUT2D eigenvalue weighted by Crippen LogP contribution is 2.40. The number of halogens is 2. The van der Waals surface area contributed by atoms with Crippen LogP contribution >= 0.6 is 0 Å². The Morgan fingerprint density at radius 2 is 1.92 bits per heavy atom. The molecular formula is C18H16F2N2O4. The Labute approximate surface area is 146 Å². The smallest absolute Gasteiger partial charge is 0.341 e. The van der Waals surface area contributed by atoms with Crippen molar-refractivity contribution in [1.29, 1.82) is 0 Å². The van der Waals surface area contributed by atoms with Gasteiger partial charge in [-0.3, -0.25) is 9.59 Å². The Morgan fingerprint density at radius 1 is 1.19 bits per heavy atom. The van der Waals surface area contributed by atoms with Crippen LogP contribution in [0.15, 0.2) is 17.1 Å². The zero-order valence-electron chi connectivity index (χ0n) is 13.8. The zero-order chi connectivity index (χ0) is 18.6. The zero-order valence-corrected chi connectivity index (χ0v) is 13.8. The summed E-state index contributed by atoms with van der Waals surface area (Å²) < 4.78 is 31.4. The lowest BCUT2D eigenvalue weighted by molar-refractivity contribution is -0.119. The van der Waals surface area contributed by atoms with E-state index in [1.807, 2.05) is 0 Å². The average molecular weight is 362 g/mol. The molecule has 1 aromatic heterocycles. The number of hydrogen-bond acceptors (Lipinski definition) is 3. The van der Waals surface area contributed by atoms with E-state index in [4.69, 9.17) is 0 Å². The van der Waals surface area contributed by atoms with Crippen LogP contribution in [0, 0.1) is 11.6 Å². The third kappa shape index (κ3) is 2.48. The molecule has 136 valence electrons. The number of nitrogens with zero attached hydrogens (tertiary/aromatic N) is 2. The quantitative estimate of drug-likeness (QED) is 0.911. The number of rotatable bonds is 3. The number of pyridine rings is 1. The van der Waals surface area contributed by atoms with Crippen molar-refractivity contribution < 1.29 is 23.5 Å². The molecule has 0 unspecified atom stereocenters. The molecule has 0 radical (unpaired) electrons. The summed E-state index contributed by atoms with van der Waals surface area (Å²) in [6.45, 7) is 0.207. The Bertz CT molecular complexity index is 1010. The number of amides is 1. The van der Waals surface area contributed by atoms with Gasteiger partial charge in [0, 0.05) is 25.2 Å². The molecule has 26 heavy (non-hydrogen) atoms. The summed E-state index contributed by atoms with van der Waals surface area (Å²) in [4.78, 5) is 37.0. The Morgan fingerprint density at radius 3 is 2.54 bits per heavy atom. The number of aromatic nitrogens is 1. The van der Waals surface area contributed by atoms with E-state index in [0.29, 0.717) is 25.7 Å². The number of fused-ring (bicyclic) bond motifs is 1. The third-order valence-electron chi connectivity index (χ3n) is 4.95. The Balaban J connectivity index is 2.04. The molecule has 0 bridgehead atoms. The second-order valence-electron chi connectivity index (χ2n) is 6.74. The summed E-state index contributed by atoms with van der Waals surface area (Å²) in [5.74, 6) is -3.83. The van der Waals surface area contributed by atoms with E-state index in [1.54, 1.807) is 0 Å². The van der Waals surface area contributed by atoms with Gasteiger partial charge in [-0.15, -0.1) is 0 Å². The molecule has 8 heteroatoms. The minimum Gasteiger partial charge on any atom is -0.477 e. The molecule has 1 aliphatic carbocycles. The van der Waals surface area contributed by atoms with Gasteiger partial charge in [-0.05, 0) is 31.7 Å². The highest BCUT2D eigenvalue weighted by atomic mass is 19.1. The van der Waals surface area contributed by atoms with Gasteiger partial charge < -0.3 is 14.6 Å². The summed E-state index contributed by atoms with van der Waals surface area (Å²) in [7, 11) is 0. The van der Waals surface area contributed by atoms with Crippen molar-refractivity contribution in [2.24, 2.45) is 0 Å². The molecule has 1 N–H and O–H groups in total. The number of aromatic carboxylic acids is 1. The minimum absolute atomic E-state index is 0.138. The van der Waals surface area contributed by atoms with Crippen LogP contribution in [0.2, 0.25) is 0 Å². The topological polar surface area (TPSA) is 79.6 Å². The number of carboxylic acids is 1. The van der Waals surface area contributed by atoms with Gasteiger partial charge >= 0.3 is 5.97 Å². The molecule has 2 aliphatic rings. The van der Waals surface area contributed by atoms with E-state index in [1.165, 1.54) is 4.57 Å². The van der Waals surface area contributed by atoms with Crippen LogP contribution in [-0.4, -0.2) is 28.1 Å². The first-order valence-corrected chi connectivity index (χ1v) is 8.50. The molecule has 1 aliphatic heterocycles. The van der Waals surface area contributed by atoms with Gasteiger partial charge in [0.25, 0.3) is 0 Å². The second kappa shape index (κ2) is 5.89. The summed E-state index contributed by atoms with van der Waals surface area (Å²) in [6.07, 6.45) is 4.06. The van der Waals surface area contributed by atoms with Crippen LogP contribution in [-0.2, 0) is 4.79 Å². The van der Waals surface area contributed by atoms with Crippen molar-refractivity contribution in [3.63, 3.8) is 0 Å². The minimum atomic E-state index is -1.44. The van der Waals surface area contributed by atoms with Crippen molar-refractivity contribution in [2.75, 3.05) is 11.4 Å². The maximum absolute atomic E-state index is 15.3. The monoisotopic (exact) mass is 362 g/mol. The van der Waals surface area contributed by atoms with Crippen LogP contribution in [0.5, 0.6) is 0 Å². The molecule has 0 spiro atoms. The van der Waals surface area contributed by atoms with Gasteiger partial charge in [-0.1, -0.05) is 0 Å². The molecule has 2 fully saturated rings. The molecule has 0 atom stereocenters. The molecule has 2 aromatic rings. The standard InChI is InChI=1S/C18H16F2N2O4/c19-12-7-10-15(14(20)16(12)21-6-2-1-3-13(21)23)22(9-4-5-9)8-11(17(10)24)18(25)26/h7-9H,1-6H2,(H,25,26). The average Bonchev–Trinajstić information content (AvgIpc) is 3.42. The second-order valence-corrected chi connectivity index (χ2v) is 6.74. The predicted octanol–water partition coefficient (Wildman–Crippen LogP) is 2.83. The van der Waals surface area contributed by atoms with Crippen molar-refractivity contribution >= 4 is 28.5 Å². The predicted molar refractivity (Wildman–Crippen MR) is 89.6 cm³/mol. The SMILES string of the molecule is O=C(O)c1cn(C2CC2)c2c(F)c(N3CCCCC3=O)c(F)cc2c1=O. The van der Waals surface area contributed by atoms with Crippen LogP contribution in [0.25, 0.3) is 10.9 Å². The number of anilines is 1. The van der Waals surface area contributed by atoms with E-state index < -0.39 is 34.3 Å². The molecule has 1 saturated heterocycles. The lowest BCUT2D eigenvalue weighted by atomic mass is 10.1. The third-order valence-corrected chi connectivity index (χ3v) is 4.95. The van der Waals surface area contributed by atoms with Gasteiger partial charge in [0.2, 0.25) is 11.3 Å². The fraction of sp³-hybridized carbons (Fsp3) is 0.389. The van der Waals surface area contributed by atoms with Crippen molar-refractivity contribution in [3.8, 4) is 0 Å². The van der Waals surface area contributed by atoms with Crippen molar-refractivity contribution in [1.82, 2.24) is 4.57 Å². The molecule has 6 nitrogen and oxygen atoms in total. The van der Waals surface area contributed by atoms with Gasteiger partial charge in [0.05, 0.1) is 10.9 Å². The molecular weight excluding hydrogens is 346 g/mol. The van der Waals surface area contributed by atoms with E-state index in [9.17, 15) is 23.9 Å². The van der Waals surface area contributed by atoms with E-state index >= 15 is 4.39 Å². The summed E-state index contributed by atoms with van der Waals surface area (Å²) >= 11 is 0. The van der Waals surface area contributed by atoms with Crippen LogP contribution in [0.1, 0.15) is 48.5 Å². The Hall–Kier alpha value is -2.77. The fourth-order valence-electron chi connectivity index (χ4n) is 3.51. The van der Waals surface area contributed by atoms with E-state index in [-0.39, 0.29) is 35.8 Å². The first-order chi connectivity index (χ1) is 12.4. The maximum atomic E-state index is 15.3. The molecule has 1 aromatic carbocycles.